The third-order valence-corrected chi connectivity index (χ3v) is 5.63. The van der Waals surface area contributed by atoms with Gasteiger partial charge in [0.15, 0.2) is 5.16 Å². The second kappa shape index (κ2) is 8.70. The molecule has 0 aliphatic carbocycles. The highest BCUT2D eigenvalue weighted by Gasteiger charge is 2.21. The SMILES string of the molecule is Cc1ccc(CSc2nc(N)cc(NC[C@H]3CN(C)CCN3C)n2)cc1. The van der Waals surface area contributed by atoms with Crippen molar-refractivity contribution in [2.75, 3.05) is 51.3 Å². The smallest absolute Gasteiger partial charge is 0.191 e. The predicted octanol–water partition coefficient (Wildman–Crippen LogP) is 2.32. The number of rotatable bonds is 6. The van der Waals surface area contributed by atoms with Gasteiger partial charge in [0.2, 0.25) is 0 Å². The Balaban J connectivity index is 1.59. The average Bonchev–Trinajstić information content (AvgIpc) is 2.62. The van der Waals surface area contributed by atoms with Gasteiger partial charge in [0.25, 0.3) is 0 Å². The molecule has 1 aromatic heterocycles. The van der Waals surface area contributed by atoms with Crippen LogP contribution < -0.4 is 11.1 Å². The maximum Gasteiger partial charge on any atom is 0.191 e. The molecule has 1 saturated heterocycles. The minimum absolute atomic E-state index is 0.466. The summed E-state index contributed by atoms with van der Waals surface area (Å²) in [6, 6.07) is 10.8. The van der Waals surface area contributed by atoms with Crippen LogP contribution in [0.2, 0.25) is 0 Å². The minimum Gasteiger partial charge on any atom is -0.383 e. The summed E-state index contributed by atoms with van der Waals surface area (Å²) in [5.41, 5.74) is 8.51. The molecule has 1 aliphatic heterocycles. The number of hydrogen-bond donors (Lipinski definition) is 2. The predicted molar refractivity (Wildman–Crippen MR) is 110 cm³/mol. The summed E-state index contributed by atoms with van der Waals surface area (Å²) in [7, 11) is 4.35. The van der Waals surface area contributed by atoms with E-state index in [-0.39, 0.29) is 0 Å². The summed E-state index contributed by atoms with van der Waals surface area (Å²) < 4.78 is 0. The van der Waals surface area contributed by atoms with Gasteiger partial charge in [-0.25, -0.2) is 9.97 Å². The average molecular weight is 373 g/mol. The fraction of sp³-hybridized carbons (Fsp3) is 0.474. The van der Waals surface area contributed by atoms with Gasteiger partial charge < -0.3 is 16.0 Å². The molecule has 6 nitrogen and oxygen atoms in total. The van der Waals surface area contributed by atoms with Gasteiger partial charge in [-0.3, -0.25) is 4.90 Å². The second-order valence-corrected chi connectivity index (χ2v) is 7.95. The lowest BCUT2D eigenvalue weighted by Gasteiger charge is -2.37. The zero-order chi connectivity index (χ0) is 18.5. The first-order chi connectivity index (χ1) is 12.5. The van der Waals surface area contributed by atoms with Crippen molar-refractivity contribution in [3.63, 3.8) is 0 Å². The maximum atomic E-state index is 5.98. The highest BCUT2D eigenvalue weighted by atomic mass is 32.2. The number of aromatic nitrogens is 2. The molecule has 0 radical (unpaired) electrons. The summed E-state index contributed by atoms with van der Waals surface area (Å²) in [4.78, 5) is 13.7. The summed E-state index contributed by atoms with van der Waals surface area (Å²) in [5.74, 6) is 2.13. The lowest BCUT2D eigenvalue weighted by atomic mass is 10.2. The molecule has 1 aliphatic rings. The molecule has 3 N–H and O–H groups in total. The van der Waals surface area contributed by atoms with Crippen molar-refractivity contribution in [1.82, 2.24) is 19.8 Å². The Labute approximate surface area is 160 Å². The van der Waals surface area contributed by atoms with E-state index in [0.717, 1.165) is 37.7 Å². The van der Waals surface area contributed by atoms with Gasteiger partial charge in [-0.2, -0.15) is 0 Å². The van der Waals surface area contributed by atoms with E-state index < -0.39 is 0 Å². The highest BCUT2D eigenvalue weighted by molar-refractivity contribution is 7.98. The van der Waals surface area contributed by atoms with Gasteiger partial charge in [-0.1, -0.05) is 41.6 Å². The van der Waals surface area contributed by atoms with Crippen molar-refractivity contribution < 1.29 is 0 Å². The number of nitrogens with zero attached hydrogens (tertiary/aromatic N) is 4. The number of nitrogen functional groups attached to an aromatic ring is 1. The molecule has 1 atom stereocenters. The molecule has 0 unspecified atom stereocenters. The number of piperazine rings is 1. The fourth-order valence-electron chi connectivity index (χ4n) is 2.97. The number of anilines is 2. The van der Waals surface area contributed by atoms with Crippen molar-refractivity contribution in [3.8, 4) is 0 Å². The summed E-state index contributed by atoms with van der Waals surface area (Å²) in [5, 5.41) is 4.15. The Hall–Kier alpha value is -1.83. The van der Waals surface area contributed by atoms with Gasteiger partial charge in [0.1, 0.15) is 11.6 Å². The number of nitrogens with one attached hydrogen (secondary N) is 1. The standard InChI is InChI=1S/C19H28N6S/c1-14-4-6-15(7-5-14)13-26-19-22-17(20)10-18(23-19)21-11-16-12-24(2)8-9-25(16)3/h4-7,10,16H,8-9,11-13H2,1-3H3,(H3,20,21,22,23)/t16-/m0/s1. The normalized spacial score (nSPS) is 18.8. The van der Waals surface area contributed by atoms with E-state index in [2.05, 4.69) is 70.4 Å². The van der Waals surface area contributed by atoms with E-state index in [9.17, 15) is 0 Å². The van der Waals surface area contributed by atoms with Crippen molar-refractivity contribution in [3.05, 3.63) is 41.5 Å². The van der Waals surface area contributed by atoms with Crippen LogP contribution in [0.4, 0.5) is 11.6 Å². The van der Waals surface area contributed by atoms with Crippen molar-refractivity contribution in [2.45, 2.75) is 23.9 Å². The van der Waals surface area contributed by atoms with E-state index in [4.69, 9.17) is 5.73 Å². The molecule has 0 saturated carbocycles. The molecule has 1 fully saturated rings. The van der Waals surface area contributed by atoms with Crippen LogP contribution in [0, 0.1) is 6.92 Å². The lowest BCUT2D eigenvalue weighted by molar-refractivity contribution is 0.122. The molecule has 1 aromatic carbocycles. The lowest BCUT2D eigenvalue weighted by Crippen LogP contribution is -2.52. The first kappa shape index (κ1) is 18.9. The minimum atomic E-state index is 0.466. The van der Waals surface area contributed by atoms with E-state index in [0.29, 0.717) is 17.0 Å². The molecule has 3 rings (SSSR count). The molecule has 0 spiro atoms. The Bertz CT molecular complexity index is 720. The Kier molecular flexibility index (Phi) is 6.34. The van der Waals surface area contributed by atoms with Crippen LogP contribution in [0.1, 0.15) is 11.1 Å². The number of nitrogens with two attached hydrogens (primary N) is 1. The van der Waals surface area contributed by atoms with Gasteiger partial charge >= 0.3 is 0 Å². The molecule has 0 bridgehead atoms. The first-order valence-corrected chi connectivity index (χ1v) is 9.94. The monoisotopic (exact) mass is 372 g/mol. The van der Waals surface area contributed by atoms with Crippen molar-refractivity contribution in [2.24, 2.45) is 0 Å². The molecule has 26 heavy (non-hydrogen) atoms. The highest BCUT2D eigenvalue weighted by Crippen LogP contribution is 2.22. The van der Waals surface area contributed by atoms with Gasteiger partial charge in [0, 0.05) is 44.0 Å². The van der Waals surface area contributed by atoms with Crippen LogP contribution in [-0.2, 0) is 5.75 Å². The Morgan fingerprint density at radius 2 is 1.96 bits per heavy atom. The van der Waals surface area contributed by atoms with E-state index >= 15 is 0 Å². The van der Waals surface area contributed by atoms with E-state index in [1.165, 1.54) is 11.1 Å². The molecule has 2 heterocycles. The van der Waals surface area contributed by atoms with Crippen LogP contribution in [0.3, 0.4) is 0 Å². The third kappa shape index (κ3) is 5.33. The zero-order valence-electron chi connectivity index (χ0n) is 15.8. The van der Waals surface area contributed by atoms with Crippen molar-refractivity contribution in [1.29, 1.82) is 0 Å². The molecular weight excluding hydrogens is 344 g/mol. The van der Waals surface area contributed by atoms with Crippen LogP contribution in [0.5, 0.6) is 0 Å². The number of hydrogen-bond acceptors (Lipinski definition) is 7. The van der Waals surface area contributed by atoms with Crippen LogP contribution in [0.15, 0.2) is 35.5 Å². The van der Waals surface area contributed by atoms with E-state index in [1.54, 1.807) is 11.8 Å². The van der Waals surface area contributed by atoms with E-state index in [1.807, 2.05) is 6.07 Å². The van der Waals surface area contributed by atoms with Gasteiger partial charge in [-0.15, -0.1) is 0 Å². The molecule has 7 heteroatoms. The summed E-state index contributed by atoms with van der Waals surface area (Å²) >= 11 is 1.61. The number of benzene rings is 1. The summed E-state index contributed by atoms with van der Waals surface area (Å²) in [6.45, 7) is 6.20. The summed E-state index contributed by atoms with van der Waals surface area (Å²) in [6.07, 6.45) is 0. The number of aryl methyl sites for hydroxylation is 1. The molecule has 140 valence electrons. The van der Waals surface area contributed by atoms with Crippen LogP contribution in [0.25, 0.3) is 0 Å². The van der Waals surface area contributed by atoms with Gasteiger partial charge in [0.05, 0.1) is 0 Å². The fourth-order valence-corrected chi connectivity index (χ4v) is 3.80. The van der Waals surface area contributed by atoms with Gasteiger partial charge in [-0.05, 0) is 26.6 Å². The molecule has 2 aromatic rings. The Morgan fingerprint density at radius 1 is 1.19 bits per heavy atom. The van der Waals surface area contributed by atoms with Crippen molar-refractivity contribution >= 4 is 23.4 Å². The zero-order valence-corrected chi connectivity index (χ0v) is 16.6. The Morgan fingerprint density at radius 3 is 2.73 bits per heavy atom. The second-order valence-electron chi connectivity index (χ2n) is 7.01. The third-order valence-electron chi connectivity index (χ3n) is 4.71. The molecule has 0 amide bonds. The maximum absolute atomic E-state index is 5.98. The van der Waals surface area contributed by atoms with Crippen LogP contribution in [-0.4, -0.2) is 66.1 Å². The van der Waals surface area contributed by atoms with Crippen LogP contribution >= 0.6 is 11.8 Å². The largest absolute Gasteiger partial charge is 0.383 e. The molecular formula is C19H28N6S. The quantitative estimate of drug-likeness (QED) is 0.596. The number of likely N-dealkylation sites (N-methyl/N-ethyl adjacent to an activating group) is 2. The first-order valence-electron chi connectivity index (χ1n) is 8.95. The topological polar surface area (TPSA) is 70.3 Å². The number of thioether (sulfide) groups is 1.